The van der Waals surface area contributed by atoms with Crippen molar-refractivity contribution in [1.82, 2.24) is 4.98 Å². The molecule has 0 saturated carbocycles. The zero-order valence-corrected chi connectivity index (χ0v) is 11.4. The van der Waals surface area contributed by atoms with Gasteiger partial charge in [-0.2, -0.15) is 0 Å². The molecule has 1 N–H and O–H groups in total. The van der Waals surface area contributed by atoms with Crippen LogP contribution in [0.15, 0.2) is 60.8 Å². The Balaban J connectivity index is 2.25. The fourth-order valence-electron chi connectivity index (χ4n) is 2.23. The van der Waals surface area contributed by atoms with E-state index in [1.54, 1.807) is 11.9 Å². The van der Waals surface area contributed by atoms with Gasteiger partial charge < -0.3 is 4.72 Å². The highest BCUT2D eigenvalue weighted by Crippen LogP contribution is 2.32. The molecule has 3 aromatic rings. The molecule has 0 radical (unpaired) electrons. The number of rotatable bonds is 3. The van der Waals surface area contributed by atoms with Crippen LogP contribution in [0.4, 0.5) is 5.69 Å². The molecule has 19 heavy (non-hydrogen) atoms. The number of benzene rings is 2. The van der Waals surface area contributed by atoms with Crippen molar-refractivity contribution in [3.05, 3.63) is 60.8 Å². The number of aromatic nitrogens is 1. The molecule has 3 rings (SSSR count). The summed E-state index contributed by atoms with van der Waals surface area (Å²) in [5, 5.41) is 1.17. The van der Waals surface area contributed by atoms with E-state index in [-0.39, 0.29) is 0 Å². The van der Waals surface area contributed by atoms with E-state index in [0.29, 0.717) is 0 Å². The molecule has 0 atom stereocenters. The first-order valence-electron chi connectivity index (χ1n) is 6.12. The number of hydrogen-bond acceptors (Lipinski definition) is 3. The summed E-state index contributed by atoms with van der Waals surface area (Å²) in [6, 6.07) is 18.8. The third kappa shape index (κ3) is 2.29. The van der Waals surface area contributed by atoms with E-state index in [4.69, 9.17) is 0 Å². The molecule has 0 aliphatic rings. The van der Waals surface area contributed by atoms with Crippen LogP contribution >= 0.6 is 11.9 Å². The number of nitrogens with zero attached hydrogens (tertiary/aromatic N) is 1. The van der Waals surface area contributed by atoms with Gasteiger partial charge >= 0.3 is 0 Å². The molecule has 0 unspecified atom stereocenters. The Morgan fingerprint density at radius 1 is 0.947 bits per heavy atom. The van der Waals surface area contributed by atoms with Gasteiger partial charge in [-0.15, -0.1) is 0 Å². The van der Waals surface area contributed by atoms with Crippen LogP contribution in [0.2, 0.25) is 0 Å². The summed E-state index contributed by atoms with van der Waals surface area (Å²) in [5.74, 6) is 0. The Labute approximate surface area is 117 Å². The van der Waals surface area contributed by atoms with Gasteiger partial charge in [-0.05, 0) is 23.3 Å². The largest absolute Gasteiger partial charge is 0.328 e. The summed E-state index contributed by atoms with van der Waals surface area (Å²) in [4.78, 5) is 4.51. The van der Waals surface area contributed by atoms with E-state index >= 15 is 0 Å². The van der Waals surface area contributed by atoms with Crippen LogP contribution in [0.1, 0.15) is 0 Å². The van der Waals surface area contributed by atoms with E-state index in [1.807, 2.05) is 24.6 Å². The van der Waals surface area contributed by atoms with Crippen molar-refractivity contribution in [3.63, 3.8) is 0 Å². The van der Waals surface area contributed by atoms with E-state index < -0.39 is 0 Å². The lowest BCUT2D eigenvalue weighted by atomic mass is 10.00. The monoisotopic (exact) mass is 266 g/mol. The lowest BCUT2D eigenvalue weighted by Gasteiger charge is -2.10. The SMILES string of the molecule is CSNc1ccc(-c2ccccc2)c2cccnc12. The first kappa shape index (κ1) is 12.1. The minimum atomic E-state index is 1.01. The number of nitrogens with one attached hydrogen (secondary N) is 1. The molecule has 0 bridgehead atoms. The van der Waals surface area contributed by atoms with Gasteiger partial charge in [-0.25, -0.2) is 0 Å². The van der Waals surface area contributed by atoms with E-state index in [9.17, 15) is 0 Å². The molecular formula is C16H14N2S. The summed E-state index contributed by atoms with van der Waals surface area (Å²) in [6.07, 6.45) is 3.85. The Kier molecular flexibility index (Phi) is 3.38. The number of anilines is 1. The predicted octanol–water partition coefficient (Wildman–Crippen LogP) is 4.59. The van der Waals surface area contributed by atoms with E-state index in [0.717, 1.165) is 11.2 Å². The van der Waals surface area contributed by atoms with Crippen LogP contribution in [0, 0.1) is 0 Å². The second kappa shape index (κ2) is 5.33. The lowest BCUT2D eigenvalue weighted by molar-refractivity contribution is 1.41. The molecule has 1 aromatic heterocycles. The summed E-state index contributed by atoms with van der Waals surface area (Å²) < 4.78 is 3.28. The molecule has 1 heterocycles. The summed E-state index contributed by atoms with van der Waals surface area (Å²) in [6.45, 7) is 0. The Bertz CT molecular complexity index is 695. The van der Waals surface area contributed by atoms with E-state index in [1.165, 1.54) is 16.5 Å². The van der Waals surface area contributed by atoms with Gasteiger partial charge in [0, 0.05) is 17.8 Å². The van der Waals surface area contributed by atoms with Crippen LogP contribution in [0.3, 0.4) is 0 Å². The predicted molar refractivity (Wildman–Crippen MR) is 84.3 cm³/mol. The molecule has 0 aliphatic carbocycles. The van der Waals surface area contributed by atoms with Crippen molar-refractivity contribution in [2.24, 2.45) is 0 Å². The first-order chi connectivity index (χ1) is 9.40. The van der Waals surface area contributed by atoms with Crippen LogP contribution in [-0.4, -0.2) is 11.2 Å². The quantitative estimate of drug-likeness (QED) is 0.702. The number of pyridine rings is 1. The second-order valence-electron chi connectivity index (χ2n) is 4.23. The highest BCUT2D eigenvalue weighted by molar-refractivity contribution is 7.99. The molecule has 0 spiro atoms. The topological polar surface area (TPSA) is 24.9 Å². The van der Waals surface area contributed by atoms with Crippen molar-refractivity contribution >= 4 is 28.5 Å². The van der Waals surface area contributed by atoms with Crippen LogP contribution < -0.4 is 4.72 Å². The molecule has 94 valence electrons. The summed E-state index contributed by atoms with van der Waals surface area (Å²) in [5.41, 5.74) is 4.51. The highest BCUT2D eigenvalue weighted by Gasteiger charge is 2.07. The minimum absolute atomic E-state index is 1.01. The third-order valence-electron chi connectivity index (χ3n) is 3.07. The molecule has 0 amide bonds. The van der Waals surface area contributed by atoms with Crippen LogP contribution in [0.5, 0.6) is 0 Å². The van der Waals surface area contributed by atoms with Gasteiger partial charge in [0.2, 0.25) is 0 Å². The average molecular weight is 266 g/mol. The van der Waals surface area contributed by atoms with E-state index in [2.05, 4.69) is 52.2 Å². The highest BCUT2D eigenvalue weighted by atomic mass is 32.2. The van der Waals surface area contributed by atoms with Gasteiger partial charge in [-0.1, -0.05) is 54.4 Å². The van der Waals surface area contributed by atoms with Crippen molar-refractivity contribution in [3.8, 4) is 11.1 Å². The zero-order valence-electron chi connectivity index (χ0n) is 10.6. The minimum Gasteiger partial charge on any atom is -0.328 e. The molecule has 0 saturated heterocycles. The summed E-state index contributed by atoms with van der Waals surface area (Å²) in [7, 11) is 0. The smallest absolute Gasteiger partial charge is 0.0947 e. The standard InChI is InChI=1S/C16H14N2S/c1-19-18-15-10-9-13(12-6-3-2-4-7-12)14-8-5-11-17-16(14)15/h2-11,18H,1H3. The molecule has 0 aliphatic heterocycles. The molecule has 0 fully saturated rings. The first-order valence-corrected chi connectivity index (χ1v) is 7.35. The Morgan fingerprint density at radius 2 is 1.79 bits per heavy atom. The normalized spacial score (nSPS) is 10.6. The van der Waals surface area contributed by atoms with Gasteiger partial charge in [0.25, 0.3) is 0 Å². The van der Waals surface area contributed by atoms with Crippen LogP contribution in [0.25, 0.3) is 22.0 Å². The van der Waals surface area contributed by atoms with Gasteiger partial charge in [0.1, 0.15) is 0 Å². The van der Waals surface area contributed by atoms with Gasteiger partial charge in [0.05, 0.1) is 11.2 Å². The third-order valence-corrected chi connectivity index (χ3v) is 3.49. The van der Waals surface area contributed by atoms with Crippen molar-refractivity contribution in [2.45, 2.75) is 0 Å². The fraction of sp³-hybridized carbons (Fsp3) is 0.0625. The summed E-state index contributed by atoms with van der Waals surface area (Å²) >= 11 is 1.58. The Hall–Kier alpha value is -2.00. The molecule has 2 nitrogen and oxygen atoms in total. The van der Waals surface area contributed by atoms with Crippen molar-refractivity contribution < 1.29 is 0 Å². The molecular weight excluding hydrogens is 252 g/mol. The molecule has 3 heteroatoms. The average Bonchev–Trinajstić information content (AvgIpc) is 2.49. The Morgan fingerprint density at radius 3 is 2.58 bits per heavy atom. The maximum atomic E-state index is 4.51. The second-order valence-corrected chi connectivity index (χ2v) is 4.84. The van der Waals surface area contributed by atoms with Gasteiger partial charge in [0.15, 0.2) is 0 Å². The van der Waals surface area contributed by atoms with Crippen molar-refractivity contribution in [2.75, 3.05) is 11.0 Å². The molecule has 2 aromatic carbocycles. The lowest BCUT2D eigenvalue weighted by Crippen LogP contribution is -1.91. The van der Waals surface area contributed by atoms with Crippen LogP contribution in [-0.2, 0) is 0 Å². The number of fused-ring (bicyclic) bond motifs is 1. The van der Waals surface area contributed by atoms with Gasteiger partial charge in [-0.3, -0.25) is 4.98 Å². The maximum absolute atomic E-state index is 4.51. The zero-order chi connectivity index (χ0) is 13.1. The maximum Gasteiger partial charge on any atom is 0.0947 e. The number of hydrogen-bond donors (Lipinski definition) is 1. The fourth-order valence-corrected chi connectivity index (χ4v) is 2.62. The van der Waals surface area contributed by atoms with Crippen molar-refractivity contribution in [1.29, 1.82) is 0 Å².